The maximum absolute atomic E-state index is 13.2. The minimum absolute atomic E-state index is 0.167. The van der Waals surface area contributed by atoms with Gasteiger partial charge >= 0.3 is 11.8 Å². The monoisotopic (exact) mass is 481 g/mol. The van der Waals surface area contributed by atoms with Crippen LogP contribution in [0.4, 0.5) is 0 Å². The van der Waals surface area contributed by atoms with Crippen molar-refractivity contribution in [2.24, 2.45) is 0 Å². The summed E-state index contributed by atoms with van der Waals surface area (Å²) < 4.78 is 26.4. The third-order valence-electron chi connectivity index (χ3n) is 5.32. The van der Waals surface area contributed by atoms with Gasteiger partial charge < -0.3 is 15.6 Å². The summed E-state index contributed by atoms with van der Waals surface area (Å²) in [5, 5.41) is 6.96. The van der Waals surface area contributed by atoms with Gasteiger partial charge in [-0.25, -0.2) is 8.42 Å². The minimum Gasteiger partial charge on any atom is -0.361 e. The number of nitrogens with one attached hydrogen (secondary N) is 3. The molecule has 0 aliphatic heterocycles. The van der Waals surface area contributed by atoms with Gasteiger partial charge in [0.2, 0.25) is 0 Å². The number of aromatic nitrogens is 1. The first-order valence-corrected chi connectivity index (χ1v) is 12.8. The number of carbonyl (C=O) groups excluding carboxylic acids is 2. The SMILES string of the molecule is O=C(NCCc1c[nH]c2ccccc12)C(=O)NC[C@H](c1cccs1)S(=O)(=O)c1ccccc1. The molecule has 9 heteroatoms. The van der Waals surface area contributed by atoms with Gasteiger partial charge in [-0.05, 0) is 41.6 Å². The second-order valence-corrected chi connectivity index (χ2v) is 10.5. The molecule has 2 amide bonds. The van der Waals surface area contributed by atoms with Crippen LogP contribution < -0.4 is 10.6 Å². The summed E-state index contributed by atoms with van der Waals surface area (Å²) in [7, 11) is -3.75. The maximum atomic E-state index is 13.2. The Morgan fingerprint density at radius 1 is 0.909 bits per heavy atom. The summed E-state index contributed by atoms with van der Waals surface area (Å²) in [5.74, 6) is -1.66. The van der Waals surface area contributed by atoms with E-state index in [4.69, 9.17) is 0 Å². The number of thiophene rings is 1. The second kappa shape index (κ2) is 10.0. The van der Waals surface area contributed by atoms with Crippen molar-refractivity contribution >= 4 is 43.9 Å². The third-order valence-corrected chi connectivity index (χ3v) is 8.55. The second-order valence-electron chi connectivity index (χ2n) is 7.44. The smallest absolute Gasteiger partial charge is 0.309 e. The average Bonchev–Trinajstić information content (AvgIpc) is 3.50. The van der Waals surface area contributed by atoms with Gasteiger partial charge in [0.25, 0.3) is 0 Å². The van der Waals surface area contributed by atoms with Gasteiger partial charge in [0.05, 0.1) is 4.90 Å². The van der Waals surface area contributed by atoms with Crippen molar-refractivity contribution in [2.75, 3.05) is 13.1 Å². The lowest BCUT2D eigenvalue weighted by Crippen LogP contribution is -2.42. The first-order chi connectivity index (χ1) is 16.0. The van der Waals surface area contributed by atoms with E-state index in [1.165, 1.54) is 23.5 Å². The first-order valence-electron chi connectivity index (χ1n) is 10.4. The molecule has 0 radical (unpaired) electrons. The molecule has 0 saturated heterocycles. The van der Waals surface area contributed by atoms with E-state index in [-0.39, 0.29) is 18.0 Å². The molecule has 0 aliphatic carbocycles. The Morgan fingerprint density at radius 3 is 2.39 bits per heavy atom. The number of hydrogen-bond acceptors (Lipinski definition) is 5. The molecular formula is C24H23N3O4S2. The van der Waals surface area contributed by atoms with Crippen molar-refractivity contribution in [3.63, 3.8) is 0 Å². The van der Waals surface area contributed by atoms with Crippen LogP contribution in [0.15, 0.2) is 83.2 Å². The van der Waals surface area contributed by atoms with Gasteiger partial charge in [0.1, 0.15) is 5.25 Å². The molecule has 0 unspecified atom stereocenters. The van der Waals surface area contributed by atoms with Crippen LogP contribution in [0, 0.1) is 0 Å². The average molecular weight is 482 g/mol. The number of H-pyrrole nitrogens is 1. The van der Waals surface area contributed by atoms with Gasteiger partial charge in [-0.2, -0.15) is 0 Å². The third kappa shape index (κ3) is 5.15. The van der Waals surface area contributed by atoms with E-state index in [2.05, 4.69) is 15.6 Å². The van der Waals surface area contributed by atoms with Gasteiger partial charge in [-0.15, -0.1) is 11.3 Å². The highest BCUT2D eigenvalue weighted by atomic mass is 32.2. The van der Waals surface area contributed by atoms with Gasteiger partial charge in [0.15, 0.2) is 9.84 Å². The molecule has 0 saturated carbocycles. The predicted molar refractivity (Wildman–Crippen MR) is 129 cm³/mol. The molecule has 33 heavy (non-hydrogen) atoms. The zero-order valence-electron chi connectivity index (χ0n) is 17.7. The van der Waals surface area contributed by atoms with E-state index < -0.39 is 26.9 Å². The zero-order chi connectivity index (χ0) is 23.3. The molecule has 0 bridgehead atoms. The predicted octanol–water partition coefficient (Wildman–Crippen LogP) is 3.22. The molecule has 170 valence electrons. The van der Waals surface area contributed by atoms with Crippen molar-refractivity contribution in [1.29, 1.82) is 0 Å². The van der Waals surface area contributed by atoms with E-state index in [0.29, 0.717) is 11.3 Å². The van der Waals surface area contributed by atoms with E-state index in [1.807, 2.05) is 30.5 Å². The molecule has 4 rings (SSSR count). The summed E-state index contributed by atoms with van der Waals surface area (Å²) in [5.41, 5.74) is 2.05. The quantitative estimate of drug-likeness (QED) is 0.336. The van der Waals surface area contributed by atoms with Crippen LogP contribution in [-0.4, -0.2) is 38.3 Å². The molecule has 0 spiro atoms. The number of benzene rings is 2. The molecule has 2 heterocycles. The van der Waals surface area contributed by atoms with Crippen molar-refractivity contribution < 1.29 is 18.0 Å². The minimum atomic E-state index is -3.75. The van der Waals surface area contributed by atoms with E-state index in [0.717, 1.165) is 16.5 Å². The lowest BCUT2D eigenvalue weighted by Gasteiger charge is -2.17. The van der Waals surface area contributed by atoms with Crippen LogP contribution in [0.2, 0.25) is 0 Å². The van der Waals surface area contributed by atoms with Crippen LogP contribution in [0.1, 0.15) is 15.7 Å². The molecule has 7 nitrogen and oxygen atoms in total. The number of amides is 2. The van der Waals surface area contributed by atoms with Crippen molar-refractivity contribution in [1.82, 2.24) is 15.6 Å². The van der Waals surface area contributed by atoms with Crippen LogP contribution in [0.5, 0.6) is 0 Å². The number of sulfone groups is 1. The summed E-state index contributed by atoms with van der Waals surface area (Å²) in [6.45, 7) is 0.0806. The fourth-order valence-corrected chi connectivity index (χ4v) is 6.41. The Hall–Kier alpha value is -3.43. The highest BCUT2D eigenvalue weighted by Gasteiger charge is 2.31. The fraction of sp³-hybridized carbons (Fsp3) is 0.167. The highest BCUT2D eigenvalue weighted by molar-refractivity contribution is 7.91. The first kappa shape index (κ1) is 22.8. The Kier molecular flexibility index (Phi) is 6.90. The van der Waals surface area contributed by atoms with Gasteiger partial charge in [0, 0.05) is 35.1 Å². The summed E-state index contributed by atoms with van der Waals surface area (Å²) >= 11 is 1.29. The number of fused-ring (bicyclic) bond motifs is 1. The molecule has 2 aromatic carbocycles. The van der Waals surface area contributed by atoms with Crippen molar-refractivity contribution in [3.05, 3.63) is 88.7 Å². The Labute approximate surface area is 195 Å². The lowest BCUT2D eigenvalue weighted by atomic mass is 10.1. The van der Waals surface area contributed by atoms with E-state index >= 15 is 0 Å². The maximum Gasteiger partial charge on any atom is 0.309 e. The normalized spacial score (nSPS) is 12.4. The van der Waals surface area contributed by atoms with Crippen LogP contribution in [0.3, 0.4) is 0 Å². The molecule has 3 N–H and O–H groups in total. The molecule has 0 fully saturated rings. The summed E-state index contributed by atoms with van der Waals surface area (Å²) in [4.78, 5) is 28.6. The zero-order valence-corrected chi connectivity index (χ0v) is 19.3. The number of aromatic amines is 1. The topological polar surface area (TPSA) is 108 Å². The number of hydrogen-bond donors (Lipinski definition) is 3. The van der Waals surface area contributed by atoms with Gasteiger partial charge in [-0.3, -0.25) is 9.59 Å². The summed E-state index contributed by atoms with van der Waals surface area (Å²) in [6, 6.07) is 19.4. The largest absolute Gasteiger partial charge is 0.361 e. The molecule has 0 aliphatic rings. The van der Waals surface area contributed by atoms with Crippen LogP contribution >= 0.6 is 11.3 Å². The Bertz CT molecular complexity index is 1350. The van der Waals surface area contributed by atoms with Crippen molar-refractivity contribution in [2.45, 2.75) is 16.6 Å². The van der Waals surface area contributed by atoms with Crippen molar-refractivity contribution in [3.8, 4) is 0 Å². The standard InChI is InChI=1S/C24H23N3O4S2/c28-23(25-13-12-17-15-26-20-10-5-4-9-19(17)20)24(29)27-16-22(21-11-6-14-32-21)33(30,31)18-7-2-1-3-8-18/h1-11,14-15,22,26H,12-13,16H2,(H,25,28)(H,27,29)/t22-/m1/s1. The van der Waals surface area contributed by atoms with Gasteiger partial charge in [-0.1, -0.05) is 42.5 Å². The number of para-hydroxylation sites is 1. The van der Waals surface area contributed by atoms with E-state index in [1.54, 1.807) is 35.7 Å². The highest BCUT2D eigenvalue weighted by Crippen LogP contribution is 2.31. The molecule has 1 atom stereocenters. The van der Waals surface area contributed by atoms with Crippen LogP contribution in [0.25, 0.3) is 10.9 Å². The molecular weight excluding hydrogens is 458 g/mol. The lowest BCUT2D eigenvalue weighted by molar-refractivity contribution is -0.139. The Balaban J connectivity index is 1.36. The fourth-order valence-electron chi connectivity index (χ4n) is 3.61. The number of rotatable bonds is 8. The molecule has 4 aromatic rings. The van der Waals surface area contributed by atoms with E-state index in [9.17, 15) is 18.0 Å². The molecule has 2 aromatic heterocycles. The Morgan fingerprint density at radius 2 is 1.64 bits per heavy atom. The number of carbonyl (C=O) groups is 2. The summed E-state index contributed by atoms with van der Waals surface area (Å²) in [6.07, 6.45) is 2.44. The van der Waals surface area contributed by atoms with Crippen LogP contribution in [-0.2, 0) is 25.8 Å².